The van der Waals surface area contributed by atoms with Gasteiger partial charge in [-0.05, 0) is 79.9 Å². The Labute approximate surface area is 223 Å². The highest BCUT2D eigenvalue weighted by molar-refractivity contribution is 7.90. The molecule has 10 heteroatoms. The largest absolute Gasteiger partial charge is 0.354 e. The second-order valence-electron chi connectivity index (χ2n) is 11.7. The fourth-order valence-electron chi connectivity index (χ4n) is 5.50. The Hall–Kier alpha value is -1.75. The average molecular weight is 548 g/mol. The van der Waals surface area contributed by atoms with Crippen molar-refractivity contribution >= 4 is 23.9 Å². The molecule has 2 aromatic rings. The van der Waals surface area contributed by atoms with E-state index in [1.165, 1.54) is 40.7 Å². The number of hydrogen-bond acceptors (Lipinski definition) is 7. The zero-order valence-corrected chi connectivity index (χ0v) is 25.1. The zero-order valence-electron chi connectivity index (χ0n) is 23.3. The average Bonchev–Trinajstić information content (AvgIpc) is 3.57. The highest BCUT2D eigenvalue weighted by atomic mass is 32.2. The molecule has 0 amide bonds. The van der Waals surface area contributed by atoms with Gasteiger partial charge in [0, 0.05) is 26.8 Å². The van der Waals surface area contributed by atoms with Gasteiger partial charge in [-0.2, -0.15) is 0 Å². The van der Waals surface area contributed by atoms with E-state index < -0.39 is 17.9 Å². The molecule has 1 heterocycles. The number of rotatable bonds is 14. The lowest BCUT2D eigenvalue weighted by Gasteiger charge is -2.26. The molecular weight excluding hydrogens is 502 g/mol. The second-order valence-corrected chi connectivity index (χ2v) is 19.5. The lowest BCUT2D eigenvalue weighted by molar-refractivity contribution is 0.0805. The first-order valence-corrected chi connectivity index (χ1v) is 19.5. The van der Waals surface area contributed by atoms with Crippen LogP contribution in [0.3, 0.4) is 0 Å². The molecule has 0 radical (unpaired) electrons. The monoisotopic (exact) mass is 547 g/mol. The minimum Gasteiger partial charge on any atom is -0.354 e. The van der Waals surface area contributed by atoms with Gasteiger partial charge in [0.1, 0.15) is 11.6 Å². The SMILES string of the molecule is CCN(CC)CCS(=O)(=O)Cc1nnc(NC(OCC[Si](C)(C)C)c2c3c(cc4c2CCC4)CCC3)[nH]1. The third-order valence-corrected chi connectivity index (χ3v) is 10.9. The molecule has 0 bridgehead atoms. The van der Waals surface area contributed by atoms with E-state index in [1.807, 2.05) is 13.8 Å². The molecule has 0 fully saturated rings. The molecule has 0 saturated heterocycles. The summed E-state index contributed by atoms with van der Waals surface area (Å²) in [5, 5.41) is 11.9. The minimum atomic E-state index is -3.29. The molecule has 1 unspecified atom stereocenters. The molecular formula is C27H45N5O3SSi. The van der Waals surface area contributed by atoms with E-state index in [-0.39, 0.29) is 17.7 Å². The molecule has 1 atom stereocenters. The third-order valence-electron chi connectivity index (χ3n) is 7.69. The topological polar surface area (TPSA) is 100 Å². The fourth-order valence-corrected chi connectivity index (χ4v) is 7.45. The van der Waals surface area contributed by atoms with Crippen LogP contribution in [0.25, 0.3) is 0 Å². The van der Waals surface area contributed by atoms with Crippen molar-refractivity contribution < 1.29 is 13.2 Å². The Morgan fingerprint density at radius 2 is 1.70 bits per heavy atom. The number of aromatic amines is 1. The number of fused-ring (bicyclic) bond motifs is 2. The van der Waals surface area contributed by atoms with Crippen LogP contribution in [0.1, 0.15) is 66.6 Å². The number of nitrogens with zero attached hydrogens (tertiary/aromatic N) is 3. The summed E-state index contributed by atoms with van der Waals surface area (Å²) in [6.45, 7) is 14.1. The van der Waals surface area contributed by atoms with Crippen LogP contribution in [-0.2, 0) is 46.0 Å². The quantitative estimate of drug-likeness (QED) is 0.265. The van der Waals surface area contributed by atoms with E-state index in [0.29, 0.717) is 24.9 Å². The number of sulfone groups is 1. The summed E-state index contributed by atoms with van der Waals surface area (Å²) in [7, 11) is -4.55. The molecule has 4 rings (SSSR count). The van der Waals surface area contributed by atoms with Crippen molar-refractivity contribution in [3.8, 4) is 0 Å². The maximum atomic E-state index is 12.7. The number of anilines is 1. The van der Waals surface area contributed by atoms with Gasteiger partial charge in [0.15, 0.2) is 16.1 Å². The number of aryl methyl sites for hydroxylation is 2. The highest BCUT2D eigenvalue weighted by Gasteiger charge is 2.30. The summed E-state index contributed by atoms with van der Waals surface area (Å²) in [6, 6.07) is 3.51. The Bertz CT molecular complexity index is 1140. The standard InChI is InChI=1S/C27H45N5O3SSi/c1-6-32(7-2)14-16-36(33,34)19-24-28-27(31-30-24)29-26(35-15-17-37(3,4)5)25-22-12-8-10-20(22)18-21-11-9-13-23(21)25/h18,26H,6-17,19H2,1-5H3,(H2,28,29,30,31). The van der Waals surface area contributed by atoms with Gasteiger partial charge >= 0.3 is 0 Å². The molecule has 206 valence electrons. The number of aromatic nitrogens is 3. The Kier molecular flexibility index (Phi) is 9.14. The van der Waals surface area contributed by atoms with Crippen molar-refractivity contribution in [3.63, 3.8) is 0 Å². The first-order valence-electron chi connectivity index (χ1n) is 14.0. The van der Waals surface area contributed by atoms with E-state index in [9.17, 15) is 8.42 Å². The van der Waals surface area contributed by atoms with Crippen molar-refractivity contribution in [2.45, 2.75) is 90.0 Å². The lowest BCUT2D eigenvalue weighted by Crippen LogP contribution is -2.29. The van der Waals surface area contributed by atoms with Gasteiger partial charge in [-0.25, -0.2) is 8.42 Å². The summed E-state index contributed by atoms with van der Waals surface area (Å²) in [5.41, 5.74) is 7.10. The van der Waals surface area contributed by atoms with E-state index in [0.717, 1.165) is 44.8 Å². The summed E-state index contributed by atoms with van der Waals surface area (Å²) in [5.74, 6) is 0.809. The van der Waals surface area contributed by atoms with Gasteiger partial charge in [-0.15, -0.1) is 10.2 Å². The van der Waals surface area contributed by atoms with Crippen LogP contribution in [0.5, 0.6) is 0 Å². The van der Waals surface area contributed by atoms with E-state index in [2.05, 4.69) is 51.1 Å². The lowest BCUT2D eigenvalue weighted by atomic mass is 9.93. The summed E-state index contributed by atoms with van der Waals surface area (Å²) < 4.78 is 32.0. The number of hydrogen-bond donors (Lipinski definition) is 2. The normalized spacial score (nSPS) is 16.3. The third kappa shape index (κ3) is 7.43. The molecule has 2 aliphatic carbocycles. The highest BCUT2D eigenvalue weighted by Crippen LogP contribution is 2.39. The number of ether oxygens (including phenoxy) is 1. The van der Waals surface area contributed by atoms with Gasteiger partial charge in [0.25, 0.3) is 0 Å². The van der Waals surface area contributed by atoms with Crippen LogP contribution >= 0.6 is 0 Å². The Balaban J connectivity index is 1.53. The van der Waals surface area contributed by atoms with Crippen molar-refractivity contribution in [1.82, 2.24) is 20.1 Å². The summed E-state index contributed by atoms with van der Waals surface area (Å²) in [6.07, 6.45) is 6.48. The van der Waals surface area contributed by atoms with Crippen molar-refractivity contribution in [2.24, 2.45) is 0 Å². The number of H-pyrrole nitrogens is 1. The van der Waals surface area contributed by atoms with E-state index in [1.54, 1.807) is 0 Å². The predicted molar refractivity (Wildman–Crippen MR) is 153 cm³/mol. The molecule has 2 aliphatic rings. The van der Waals surface area contributed by atoms with Gasteiger partial charge in [0.2, 0.25) is 5.95 Å². The van der Waals surface area contributed by atoms with Crippen molar-refractivity contribution in [3.05, 3.63) is 39.7 Å². The maximum Gasteiger partial charge on any atom is 0.224 e. The molecule has 1 aromatic carbocycles. The van der Waals surface area contributed by atoms with E-state index in [4.69, 9.17) is 4.74 Å². The van der Waals surface area contributed by atoms with Crippen LogP contribution in [-0.4, -0.2) is 68.6 Å². The number of nitrogens with one attached hydrogen (secondary N) is 2. The van der Waals surface area contributed by atoms with Crippen molar-refractivity contribution in [1.29, 1.82) is 0 Å². The predicted octanol–water partition coefficient (Wildman–Crippen LogP) is 4.50. The first-order chi connectivity index (χ1) is 17.6. The van der Waals surface area contributed by atoms with Crippen LogP contribution in [0, 0.1) is 0 Å². The van der Waals surface area contributed by atoms with Crippen LogP contribution in [0.2, 0.25) is 25.7 Å². The van der Waals surface area contributed by atoms with Gasteiger partial charge in [-0.1, -0.05) is 39.6 Å². The smallest absolute Gasteiger partial charge is 0.224 e. The Morgan fingerprint density at radius 1 is 1.05 bits per heavy atom. The van der Waals surface area contributed by atoms with Gasteiger partial charge < -0.3 is 19.9 Å². The van der Waals surface area contributed by atoms with Gasteiger partial charge in [0.05, 0.1) is 5.75 Å². The van der Waals surface area contributed by atoms with E-state index >= 15 is 0 Å². The minimum absolute atomic E-state index is 0.114. The summed E-state index contributed by atoms with van der Waals surface area (Å²) >= 11 is 0. The maximum absolute atomic E-state index is 12.7. The summed E-state index contributed by atoms with van der Waals surface area (Å²) in [4.78, 5) is 5.24. The molecule has 1 aromatic heterocycles. The van der Waals surface area contributed by atoms with Gasteiger partial charge in [-0.3, -0.25) is 0 Å². The second kappa shape index (κ2) is 12.0. The Morgan fingerprint density at radius 3 is 2.30 bits per heavy atom. The molecule has 0 aliphatic heterocycles. The molecule has 0 spiro atoms. The van der Waals surface area contributed by atoms with Crippen LogP contribution < -0.4 is 5.32 Å². The number of benzene rings is 1. The molecule has 2 N–H and O–H groups in total. The molecule has 37 heavy (non-hydrogen) atoms. The van der Waals surface area contributed by atoms with Crippen LogP contribution in [0.15, 0.2) is 6.07 Å². The zero-order chi connectivity index (χ0) is 26.6. The first kappa shape index (κ1) is 28.3. The van der Waals surface area contributed by atoms with Crippen molar-refractivity contribution in [2.75, 3.05) is 37.3 Å². The molecule has 0 saturated carbocycles. The molecule has 8 nitrogen and oxygen atoms in total. The fraction of sp³-hybridized carbons (Fsp3) is 0.704. The van der Waals surface area contributed by atoms with Crippen LogP contribution in [0.4, 0.5) is 5.95 Å².